The topological polar surface area (TPSA) is 107 Å². The smallest absolute Gasteiger partial charge is 0.253 e. The lowest BCUT2D eigenvalue weighted by Crippen LogP contribution is -2.35. The van der Waals surface area contributed by atoms with E-state index in [1.165, 1.54) is 0 Å². The number of rotatable bonds is 6. The van der Waals surface area contributed by atoms with E-state index in [0.717, 1.165) is 60.4 Å². The first-order valence-electron chi connectivity index (χ1n) is 9.84. The van der Waals surface area contributed by atoms with Crippen molar-refractivity contribution in [1.82, 2.24) is 10.6 Å². The number of aliphatic imine (C=N–C) groups is 2. The first-order valence-corrected chi connectivity index (χ1v) is 9.84. The second-order valence-corrected chi connectivity index (χ2v) is 7.13. The van der Waals surface area contributed by atoms with Crippen LogP contribution in [0.25, 0.3) is 0 Å². The summed E-state index contributed by atoms with van der Waals surface area (Å²) >= 11 is 0. The highest BCUT2D eigenvalue weighted by Crippen LogP contribution is 2.25. The average Bonchev–Trinajstić information content (AvgIpc) is 3.51. The minimum atomic E-state index is -0.530. The fourth-order valence-electron chi connectivity index (χ4n) is 3.59. The van der Waals surface area contributed by atoms with Gasteiger partial charge in [0, 0.05) is 35.6 Å². The fraction of sp³-hybridized carbons (Fsp3) is 0.182. The molecule has 8 nitrogen and oxygen atoms in total. The predicted octanol–water partition coefficient (Wildman–Crippen LogP) is 1.47. The summed E-state index contributed by atoms with van der Waals surface area (Å²) in [5, 5.41) is 12.6. The zero-order valence-electron chi connectivity index (χ0n) is 16.2. The summed E-state index contributed by atoms with van der Waals surface area (Å²) in [5.41, 5.74) is 2.77. The first kappa shape index (κ1) is 18.1. The van der Waals surface area contributed by atoms with Gasteiger partial charge in [-0.05, 0) is 24.3 Å². The summed E-state index contributed by atoms with van der Waals surface area (Å²) in [5.74, 6) is 1.67. The number of nitrogens with zero attached hydrogens (tertiary/aromatic N) is 2. The Kier molecular flexibility index (Phi) is 4.51. The zero-order valence-corrected chi connectivity index (χ0v) is 16.2. The lowest BCUT2D eigenvalue weighted by atomic mass is 10.1. The van der Waals surface area contributed by atoms with Crippen molar-refractivity contribution in [2.24, 2.45) is 9.98 Å². The van der Waals surface area contributed by atoms with Crippen LogP contribution in [0.5, 0.6) is 0 Å². The Bertz CT molecular complexity index is 1160. The van der Waals surface area contributed by atoms with E-state index in [1.54, 1.807) is 0 Å². The van der Waals surface area contributed by atoms with Gasteiger partial charge in [-0.15, -0.1) is 0 Å². The Morgan fingerprint density at radius 3 is 1.57 bits per heavy atom. The molecule has 2 heterocycles. The maximum atomic E-state index is 12.2. The Balaban J connectivity index is 1.39. The van der Waals surface area contributed by atoms with Gasteiger partial charge in [0.25, 0.3) is 10.9 Å². The summed E-state index contributed by atoms with van der Waals surface area (Å²) < 4.78 is 0. The van der Waals surface area contributed by atoms with E-state index < -0.39 is 10.9 Å². The van der Waals surface area contributed by atoms with Gasteiger partial charge in [0.2, 0.25) is 0 Å². The van der Waals surface area contributed by atoms with Crippen LogP contribution in [0.4, 0.5) is 22.7 Å². The number of nitrogens with one attached hydrogen (secondary N) is 4. The largest absolute Gasteiger partial charge is 0.368 e. The Morgan fingerprint density at radius 2 is 1.17 bits per heavy atom. The normalized spacial score (nSPS) is 15.3. The van der Waals surface area contributed by atoms with Crippen LogP contribution in [0.15, 0.2) is 68.1 Å². The second kappa shape index (κ2) is 7.47. The molecule has 5 rings (SSSR count). The lowest BCUT2D eigenvalue weighted by Gasteiger charge is -2.16. The van der Waals surface area contributed by atoms with E-state index in [0.29, 0.717) is 0 Å². The van der Waals surface area contributed by atoms with E-state index in [4.69, 9.17) is 0 Å². The van der Waals surface area contributed by atoms with Crippen molar-refractivity contribution in [3.05, 3.63) is 80.1 Å². The molecule has 0 spiro atoms. The number of anilines is 4. The molecular formula is C22H20N6O2. The van der Waals surface area contributed by atoms with Crippen molar-refractivity contribution >= 4 is 34.4 Å². The molecule has 0 atom stereocenters. The standard InChI is InChI=1S/C22H20N6O2/c29-19-17(27-15-5-1-3-13(11-15)21-23-7-8-24-21)18(20(19)30)28-16-6-2-4-14(12-16)22-25-9-10-26-22/h1-6,11-12,27-28H,7-10H2,(H,23,24)(H,25,26). The summed E-state index contributed by atoms with van der Waals surface area (Å²) in [7, 11) is 0. The van der Waals surface area contributed by atoms with Crippen molar-refractivity contribution in [2.75, 3.05) is 36.8 Å². The highest BCUT2D eigenvalue weighted by atomic mass is 16.2. The molecule has 2 aliphatic heterocycles. The van der Waals surface area contributed by atoms with Gasteiger partial charge >= 0.3 is 0 Å². The fourth-order valence-corrected chi connectivity index (χ4v) is 3.59. The Morgan fingerprint density at radius 1 is 0.700 bits per heavy atom. The van der Waals surface area contributed by atoms with Crippen LogP contribution in [-0.4, -0.2) is 37.9 Å². The third-order valence-corrected chi connectivity index (χ3v) is 5.07. The molecule has 3 aromatic rings. The van der Waals surface area contributed by atoms with Crippen LogP contribution in [0.3, 0.4) is 0 Å². The molecule has 150 valence electrons. The van der Waals surface area contributed by atoms with Gasteiger partial charge in [-0.3, -0.25) is 19.6 Å². The Hall–Kier alpha value is -3.94. The van der Waals surface area contributed by atoms with E-state index in [1.807, 2.05) is 48.5 Å². The maximum absolute atomic E-state index is 12.2. The molecule has 0 aliphatic carbocycles. The molecule has 0 saturated heterocycles. The molecular weight excluding hydrogens is 380 g/mol. The summed E-state index contributed by atoms with van der Waals surface area (Å²) in [4.78, 5) is 33.3. The van der Waals surface area contributed by atoms with Crippen molar-refractivity contribution in [2.45, 2.75) is 0 Å². The minimum Gasteiger partial charge on any atom is -0.368 e. The summed E-state index contributed by atoms with van der Waals surface area (Å²) in [6.07, 6.45) is 0. The number of amidine groups is 2. The van der Waals surface area contributed by atoms with E-state index in [9.17, 15) is 9.59 Å². The number of hydrogen-bond acceptors (Lipinski definition) is 8. The molecule has 8 heteroatoms. The van der Waals surface area contributed by atoms with Crippen molar-refractivity contribution < 1.29 is 0 Å². The van der Waals surface area contributed by atoms with Crippen LogP contribution in [0, 0.1) is 0 Å². The van der Waals surface area contributed by atoms with Crippen LogP contribution in [0.2, 0.25) is 0 Å². The second-order valence-electron chi connectivity index (χ2n) is 7.13. The van der Waals surface area contributed by atoms with E-state index in [-0.39, 0.29) is 11.4 Å². The number of hydrogen-bond donors (Lipinski definition) is 4. The van der Waals surface area contributed by atoms with Crippen molar-refractivity contribution in [3.8, 4) is 0 Å². The van der Waals surface area contributed by atoms with Gasteiger partial charge in [0.1, 0.15) is 23.0 Å². The van der Waals surface area contributed by atoms with Gasteiger partial charge in [-0.25, -0.2) is 0 Å². The summed E-state index contributed by atoms with van der Waals surface area (Å²) in [6, 6.07) is 15.2. The van der Waals surface area contributed by atoms with Gasteiger partial charge in [-0.2, -0.15) is 0 Å². The minimum absolute atomic E-state index is 0.264. The molecule has 0 fully saturated rings. The van der Waals surface area contributed by atoms with Crippen molar-refractivity contribution in [3.63, 3.8) is 0 Å². The molecule has 0 radical (unpaired) electrons. The molecule has 0 amide bonds. The van der Waals surface area contributed by atoms with Gasteiger partial charge < -0.3 is 21.3 Å². The predicted molar refractivity (Wildman–Crippen MR) is 120 cm³/mol. The van der Waals surface area contributed by atoms with Crippen molar-refractivity contribution in [1.29, 1.82) is 0 Å². The molecule has 3 aromatic carbocycles. The Labute approximate surface area is 172 Å². The van der Waals surface area contributed by atoms with Gasteiger partial charge in [-0.1, -0.05) is 24.3 Å². The molecule has 0 unspecified atom stereocenters. The van der Waals surface area contributed by atoms with Crippen LogP contribution >= 0.6 is 0 Å². The highest BCUT2D eigenvalue weighted by molar-refractivity contribution is 6.01. The quantitative estimate of drug-likeness (QED) is 0.467. The van der Waals surface area contributed by atoms with Crippen LogP contribution < -0.4 is 32.1 Å². The number of benzene rings is 2. The van der Waals surface area contributed by atoms with Gasteiger partial charge in [0.15, 0.2) is 0 Å². The van der Waals surface area contributed by atoms with E-state index >= 15 is 0 Å². The average molecular weight is 400 g/mol. The third-order valence-electron chi connectivity index (χ3n) is 5.07. The van der Waals surface area contributed by atoms with Crippen LogP contribution in [0.1, 0.15) is 11.1 Å². The maximum Gasteiger partial charge on any atom is 0.253 e. The van der Waals surface area contributed by atoms with Crippen LogP contribution in [-0.2, 0) is 0 Å². The molecule has 2 aliphatic rings. The monoisotopic (exact) mass is 400 g/mol. The molecule has 4 N–H and O–H groups in total. The highest BCUT2D eigenvalue weighted by Gasteiger charge is 2.22. The first-order chi connectivity index (χ1) is 14.7. The zero-order chi connectivity index (χ0) is 20.5. The van der Waals surface area contributed by atoms with Gasteiger partial charge in [0.05, 0.1) is 13.1 Å². The summed E-state index contributed by atoms with van der Waals surface area (Å²) in [6.45, 7) is 3.14. The molecule has 0 saturated carbocycles. The SMILES string of the molecule is O=c1c(Nc2cccc(C3=NCCN3)c2)c(Nc2cccc(C3=NCCN3)c2)c1=O. The van der Waals surface area contributed by atoms with E-state index in [2.05, 4.69) is 31.3 Å². The lowest BCUT2D eigenvalue weighted by molar-refractivity contribution is 0.960. The molecule has 30 heavy (non-hydrogen) atoms. The molecule has 0 aromatic heterocycles. The molecule has 0 bridgehead atoms. The third kappa shape index (κ3) is 3.32.